The van der Waals surface area contributed by atoms with Crippen molar-refractivity contribution in [2.24, 2.45) is 5.92 Å². The molecule has 1 aliphatic heterocycles. The maximum atomic E-state index is 5.96. The molecule has 0 bridgehead atoms. The molecule has 2 aromatic heterocycles. The van der Waals surface area contributed by atoms with Gasteiger partial charge in [0, 0.05) is 25.5 Å². The number of rotatable bonds is 4. The van der Waals surface area contributed by atoms with E-state index in [9.17, 15) is 0 Å². The minimum Gasteiger partial charge on any atom is -0.420 e. The fraction of sp³-hybridized carbons (Fsp3) is 0.632. The first kappa shape index (κ1) is 15.8. The molecule has 128 valence electrons. The van der Waals surface area contributed by atoms with Gasteiger partial charge in [0.05, 0.1) is 11.5 Å². The van der Waals surface area contributed by atoms with Crippen LogP contribution in [0.4, 0.5) is 0 Å². The van der Waals surface area contributed by atoms with Crippen LogP contribution < -0.4 is 0 Å². The molecule has 4 rings (SSSR count). The zero-order valence-electron chi connectivity index (χ0n) is 14.2. The molecule has 1 saturated heterocycles. The zero-order chi connectivity index (χ0) is 16.2. The topological polar surface area (TPSA) is 55.1 Å². The molecule has 5 nitrogen and oxygen atoms in total. The van der Waals surface area contributed by atoms with Crippen molar-refractivity contribution in [3.63, 3.8) is 0 Å². The van der Waals surface area contributed by atoms with Crippen LogP contribution in [0.15, 0.2) is 28.9 Å². The van der Waals surface area contributed by atoms with E-state index in [1.807, 2.05) is 12.1 Å². The first-order valence-corrected chi connectivity index (χ1v) is 9.34. The largest absolute Gasteiger partial charge is 0.420 e. The summed E-state index contributed by atoms with van der Waals surface area (Å²) < 4.78 is 5.96. The van der Waals surface area contributed by atoms with Gasteiger partial charge in [0.15, 0.2) is 0 Å². The fourth-order valence-corrected chi connectivity index (χ4v) is 4.16. The Hall–Kier alpha value is -1.75. The minimum atomic E-state index is 0.375. The highest BCUT2D eigenvalue weighted by molar-refractivity contribution is 5.49. The summed E-state index contributed by atoms with van der Waals surface area (Å²) in [7, 11) is 0. The molecule has 0 radical (unpaired) electrons. The Morgan fingerprint density at radius 2 is 2.00 bits per heavy atom. The molecule has 3 heterocycles. The van der Waals surface area contributed by atoms with Crippen LogP contribution in [0.3, 0.4) is 0 Å². The lowest BCUT2D eigenvalue weighted by Gasteiger charge is -2.34. The third-order valence-electron chi connectivity index (χ3n) is 5.45. The van der Waals surface area contributed by atoms with Crippen LogP contribution in [0.5, 0.6) is 0 Å². The standard InChI is InChI=1S/C19H26N4O/c1-2-6-15(7-3-1)13-23-11-5-9-17(14-23)19-22-21-18(24-19)16-8-4-10-20-12-16/h4,8,10,12,15,17H,1-3,5-7,9,11,13-14H2. The average molecular weight is 326 g/mol. The van der Waals surface area contributed by atoms with Crippen molar-refractivity contribution in [2.45, 2.75) is 50.9 Å². The van der Waals surface area contributed by atoms with Crippen LogP contribution in [-0.4, -0.2) is 39.7 Å². The lowest BCUT2D eigenvalue weighted by atomic mass is 9.88. The van der Waals surface area contributed by atoms with Crippen molar-refractivity contribution in [2.75, 3.05) is 19.6 Å². The van der Waals surface area contributed by atoms with Gasteiger partial charge in [-0.1, -0.05) is 19.3 Å². The molecule has 0 amide bonds. The molecule has 1 aliphatic carbocycles. The second-order valence-electron chi connectivity index (χ2n) is 7.29. The molecule has 2 fully saturated rings. The van der Waals surface area contributed by atoms with E-state index in [1.165, 1.54) is 51.6 Å². The van der Waals surface area contributed by atoms with Gasteiger partial charge >= 0.3 is 0 Å². The van der Waals surface area contributed by atoms with Crippen molar-refractivity contribution in [3.8, 4) is 11.5 Å². The van der Waals surface area contributed by atoms with Gasteiger partial charge in [-0.3, -0.25) is 4.98 Å². The van der Waals surface area contributed by atoms with Gasteiger partial charge in [-0.15, -0.1) is 10.2 Å². The van der Waals surface area contributed by atoms with Crippen LogP contribution >= 0.6 is 0 Å². The zero-order valence-corrected chi connectivity index (χ0v) is 14.2. The van der Waals surface area contributed by atoms with Crippen molar-refractivity contribution < 1.29 is 4.42 Å². The van der Waals surface area contributed by atoms with Crippen molar-refractivity contribution in [3.05, 3.63) is 30.4 Å². The maximum Gasteiger partial charge on any atom is 0.249 e. The number of piperidine rings is 1. The van der Waals surface area contributed by atoms with E-state index in [0.29, 0.717) is 11.8 Å². The molecule has 5 heteroatoms. The quantitative estimate of drug-likeness (QED) is 0.853. The van der Waals surface area contributed by atoms with Crippen LogP contribution in [0.25, 0.3) is 11.5 Å². The highest BCUT2D eigenvalue weighted by Crippen LogP contribution is 2.30. The molecular weight excluding hydrogens is 300 g/mol. The Morgan fingerprint density at radius 1 is 1.08 bits per heavy atom. The highest BCUT2D eigenvalue weighted by atomic mass is 16.4. The third-order valence-corrected chi connectivity index (χ3v) is 5.45. The summed E-state index contributed by atoms with van der Waals surface area (Å²) in [5.41, 5.74) is 0.895. The van der Waals surface area contributed by atoms with E-state index in [4.69, 9.17) is 4.42 Å². The van der Waals surface area contributed by atoms with Crippen LogP contribution in [0.1, 0.15) is 56.8 Å². The molecule has 2 aliphatic rings. The van der Waals surface area contributed by atoms with E-state index in [1.54, 1.807) is 12.4 Å². The van der Waals surface area contributed by atoms with Crippen LogP contribution in [0, 0.1) is 5.92 Å². The molecular formula is C19H26N4O. The van der Waals surface area contributed by atoms with Gasteiger partial charge in [-0.2, -0.15) is 0 Å². The highest BCUT2D eigenvalue weighted by Gasteiger charge is 2.27. The first-order valence-electron chi connectivity index (χ1n) is 9.34. The SMILES string of the molecule is c1cncc(-c2nnc(C3CCCN(CC4CCCCC4)C3)o2)c1. The molecule has 1 unspecified atom stereocenters. The summed E-state index contributed by atoms with van der Waals surface area (Å²) in [5, 5.41) is 8.55. The predicted molar refractivity (Wildman–Crippen MR) is 92.5 cm³/mol. The number of aromatic nitrogens is 3. The molecule has 1 saturated carbocycles. The number of nitrogens with zero attached hydrogens (tertiary/aromatic N) is 4. The van der Waals surface area contributed by atoms with Gasteiger partial charge in [0.2, 0.25) is 11.8 Å². The Kier molecular flexibility index (Phi) is 4.88. The van der Waals surface area contributed by atoms with Crippen molar-refractivity contribution in [1.29, 1.82) is 0 Å². The lowest BCUT2D eigenvalue weighted by molar-refractivity contribution is 0.152. The smallest absolute Gasteiger partial charge is 0.249 e. The number of likely N-dealkylation sites (tertiary alicyclic amines) is 1. The van der Waals surface area contributed by atoms with E-state index < -0.39 is 0 Å². The Morgan fingerprint density at radius 3 is 2.83 bits per heavy atom. The molecule has 0 aromatic carbocycles. The molecule has 0 spiro atoms. The number of hydrogen-bond donors (Lipinski definition) is 0. The summed E-state index contributed by atoms with van der Waals surface area (Å²) in [6.45, 7) is 3.53. The lowest BCUT2D eigenvalue weighted by Crippen LogP contribution is -2.38. The van der Waals surface area contributed by atoms with Gasteiger partial charge in [0.25, 0.3) is 0 Å². The summed E-state index contributed by atoms with van der Waals surface area (Å²) in [6, 6.07) is 3.85. The third kappa shape index (κ3) is 3.66. The van der Waals surface area contributed by atoms with Gasteiger partial charge < -0.3 is 9.32 Å². The Balaban J connectivity index is 1.40. The van der Waals surface area contributed by atoms with E-state index in [-0.39, 0.29) is 0 Å². The second kappa shape index (κ2) is 7.43. The van der Waals surface area contributed by atoms with Crippen LogP contribution in [0.2, 0.25) is 0 Å². The molecule has 1 atom stereocenters. The van der Waals surface area contributed by atoms with Crippen molar-refractivity contribution in [1.82, 2.24) is 20.1 Å². The maximum absolute atomic E-state index is 5.96. The number of pyridine rings is 1. The van der Waals surface area contributed by atoms with E-state index in [0.717, 1.165) is 30.3 Å². The Bertz CT molecular complexity index is 636. The monoisotopic (exact) mass is 326 g/mol. The van der Waals surface area contributed by atoms with Gasteiger partial charge in [0.1, 0.15) is 0 Å². The second-order valence-corrected chi connectivity index (χ2v) is 7.29. The molecule has 0 N–H and O–H groups in total. The van der Waals surface area contributed by atoms with Gasteiger partial charge in [-0.05, 0) is 50.3 Å². The summed E-state index contributed by atoms with van der Waals surface area (Å²) in [5.74, 6) is 2.65. The Labute approximate surface area is 143 Å². The normalized spacial score (nSPS) is 23.4. The molecule has 24 heavy (non-hydrogen) atoms. The fourth-order valence-electron chi connectivity index (χ4n) is 4.16. The predicted octanol–water partition coefficient (Wildman–Crippen LogP) is 3.89. The summed E-state index contributed by atoms with van der Waals surface area (Å²) >= 11 is 0. The van der Waals surface area contributed by atoms with Crippen molar-refractivity contribution >= 4 is 0 Å². The average Bonchev–Trinajstić information content (AvgIpc) is 3.14. The summed E-state index contributed by atoms with van der Waals surface area (Å²) in [6.07, 6.45) is 13.0. The van der Waals surface area contributed by atoms with Crippen LogP contribution in [-0.2, 0) is 0 Å². The van der Waals surface area contributed by atoms with E-state index >= 15 is 0 Å². The minimum absolute atomic E-state index is 0.375. The first-order chi connectivity index (χ1) is 11.9. The van der Waals surface area contributed by atoms with Gasteiger partial charge in [-0.25, -0.2) is 0 Å². The summed E-state index contributed by atoms with van der Waals surface area (Å²) in [4.78, 5) is 6.75. The number of hydrogen-bond acceptors (Lipinski definition) is 5. The molecule has 2 aromatic rings. The van der Waals surface area contributed by atoms with E-state index in [2.05, 4.69) is 20.1 Å².